The van der Waals surface area contributed by atoms with Crippen LogP contribution in [0.3, 0.4) is 0 Å². The van der Waals surface area contributed by atoms with Gasteiger partial charge < -0.3 is 0 Å². The molecule has 5 rings (SSSR count). The molecule has 0 saturated heterocycles. The molecule has 194 valence electrons. The molecule has 0 bridgehead atoms. The summed E-state index contributed by atoms with van der Waals surface area (Å²) in [6.45, 7) is 5.76. The zero-order valence-corrected chi connectivity index (χ0v) is 22.2. The number of benzene rings is 4. The van der Waals surface area contributed by atoms with Gasteiger partial charge in [0.05, 0.1) is 27.5 Å². The fourth-order valence-corrected chi connectivity index (χ4v) is 6.45. The van der Waals surface area contributed by atoms with Gasteiger partial charge in [-0.25, -0.2) is 17.8 Å². The minimum atomic E-state index is -4.05. The summed E-state index contributed by atoms with van der Waals surface area (Å²) in [6.07, 6.45) is 0. The predicted octanol–water partition coefficient (Wildman–Crippen LogP) is 6.09. The molecule has 4 aromatic carbocycles. The smallest absolute Gasteiger partial charge is 0.266 e. The maximum Gasteiger partial charge on any atom is 0.266 e. The average Bonchev–Trinajstić information content (AvgIpc) is 2.91. The Kier molecular flexibility index (Phi) is 6.86. The van der Waals surface area contributed by atoms with E-state index in [2.05, 4.69) is 0 Å². The molecule has 8 heteroatoms. The zero-order valence-electron chi connectivity index (χ0n) is 21.4. The average molecular weight is 530 g/mol. The Morgan fingerprint density at radius 2 is 1.53 bits per heavy atom. The third-order valence-electron chi connectivity index (χ3n) is 6.56. The number of para-hydroxylation sites is 1. The first-order chi connectivity index (χ1) is 18.2. The van der Waals surface area contributed by atoms with Crippen LogP contribution in [-0.2, 0) is 10.0 Å². The molecule has 1 heterocycles. The molecule has 38 heavy (non-hydrogen) atoms. The normalized spacial score (nSPS) is 13.0. The van der Waals surface area contributed by atoms with Crippen LogP contribution in [0.15, 0.2) is 101 Å². The fraction of sp³-hybridized carbons (Fsp3) is 0.200. The van der Waals surface area contributed by atoms with E-state index < -0.39 is 21.9 Å². The molecule has 1 unspecified atom stereocenters. The van der Waals surface area contributed by atoms with E-state index in [9.17, 15) is 17.6 Å². The van der Waals surface area contributed by atoms with Gasteiger partial charge in [-0.1, -0.05) is 56.3 Å². The van der Waals surface area contributed by atoms with Gasteiger partial charge in [0, 0.05) is 6.54 Å². The van der Waals surface area contributed by atoms with E-state index in [1.165, 1.54) is 21.0 Å². The van der Waals surface area contributed by atoms with Crippen LogP contribution in [0, 0.1) is 11.7 Å². The lowest BCUT2D eigenvalue weighted by atomic mass is 10.1. The Morgan fingerprint density at radius 1 is 0.868 bits per heavy atom. The lowest BCUT2D eigenvalue weighted by Crippen LogP contribution is -2.39. The van der Waals surface area contributed by atoms with Gasteiger partial charge in [0.15, 0.2) is 0 Å². The number of fused-ring (bicyclic) bond motifs is 2. The van der Waals surface area contributed by atoms with E-state index in [1.54, 1.807) is 31.2 Å². The predicted molar refractivity (Wildman–Crippen MR) is 148 cm³/mol. The molecular formula is C30H28FN3O3S. The number of sulfonamides is 1. The summed E-state index contributed by atoms with van der Waals surface area (Å²) in [6, 6.07) is 24.5. The second kappa shape index (κ2) is 10.1. The third kappa shape index (κ3) is 4.73. The SMILES string of the molecule is CC(C)CN(C(C)c1nc2ccccc2c(=O)n1-c1ccc2ccccc2c1)S(=O)(=O)c1ccc(F)cc1. The van der Waals surface area contributed by atoms with Crippen LogP contribution >= 0.6 is 0 Å². The number of halogens is 1. The van der Waals surface area contributed by atoms with Crippen molar-refractivity contribution in [2.75, 3.05) is 6.54 Å². The molecule has 0 fully saturated rings. The Bertz CT molecular complexity index is 1800. The van der Waals surface area contributed by atoms with Gasteiger partial charge in [-0.3, -0.25) is 9.36 Å². The van der Waals surface area contributed by atoms with Crippen LogP contribution in [0.2, 0.25) is 0 Å². The molecule has 1 aromatic heterocycles. The van der Waals surface area contributed by atoms with Gasteiger partial charge in [0.2, 0.25) is 10.0 Å². The summed E-state index contributed by atoms with van der Waals surface area (Å²) in [5.74, 6) is -0.238. The van der Waals surface area contributed by atoms with E-state index >= 15 is 0 Å². The number of aromatic nitrogens is 2. The molecule has 0 amide bonds. The summed E-state index contributed by atoms with van der Waals surface area (Å²) >= 11 is 0. The van der Waals surface area contributed by atoms with E-state index in [1.807, 2.05) is 56.3 Å². The van der Waals surface area contributed by atoms with Gasteiger partial charge in [0.25, 0.3) is 5.56 Å². The van der Waals surface area contributed by atoms with Crippen molar-refractivity contribution in [3.05, 3.63) is 113 Å². The van der Waals surface area contributed by atoms with Crippen molar-refractivity contribution in [1.29, 1.82) is 0 Å². The highest BCUT2D eigenvalue weighted by Crippen LogP contribution is 2.30. The van der Waals surface area contributed by atoms with Gasteiger partial charge >= 0.3 is 0 Å². The van der Waals surface area contributed by atoms with E-state index in [0.717, 1.165) is 22.9 Å². The Morgan fingerprint density at radius 3 is 2.24 bits per heavy atom. The minimum Gasteiger partial charge on any atom is -0.268 e. The molecule has 0 radical (unpaired) electrons. The molecule has 0 saturated carbocycles. The highest BCUT2D eigenvalue weighted by molar-refractivity contribution is 7.89. The van der Waals surface area contributed by atoms with Crippen molar-refractivity contribution in [3.63, 3.8) is 0 Å². The number of hydrogen-bond acceptors (Lipinski definition) is 4. The second-order valence-electron chi connectivity index (χ2n) is 9.76. The number of hydrogen-bond donors (Lipinski definition) is 0. The van der Waals surface area contributed by atoms with E-state index in [-0.39, 0.29) is 22.9 Å². The summed E-state index contributed by atoms with van der Waals surface area (Å²) < 4.78 is 44.2. The van der Waals surface area contributed by atoms with Gasteiger partial charge in [0.1, 0.15) is 11.6 Å². The van der Waals surface area contributed by atoms with E-state index in [4.69, 9.17) is 4.98 Å². The van der Waals surface area contributed by atoms with Crippen LogP contribution in [0.4, 0.5) is 4.39 Å². The first-order valence-corrected chi connectivity index (χ1v) is 13.9. The lowest BCUT2D eigenvalue weighted by molar-refractivity contribution is 0.296. The van der Waals surface area contributed by atoms with Gasteiger partial charge in [-0.05, 0) is 72.1 Å². The van der Waals surface area contributed by atoms with Crippen LogP contribution in [0.25, 0.3) is 27.4 Å². The number of nitrogens with zero attached hydrogens (tertiary/aromatic N) is 3. The second-order valence-corrected chi connectivity index (χ2v) is 11.6. The van der Waals surface area contributed by atoms with Gasteiger partial charge in [-0.2, -0.15) is 4.31 Å². The maximum absolute atomic E-state index is 13.9. The molecule has 0 aliphatic heterocycles. The minimum absolute atomic E-state index is 0.0195. The van der Waals surface area contributed by atoms with Crippen LogP contribution in [0.1, 0.15) is 32.6 Å². The molecule has 1 atom stereocenters. The van der Waals surface area contributed by atoms with Crippen molar-refractivity contribution in [2.45, 2.75) is 31.7 Å². The standard InChI is InChI=1S/C30H28FN3O3S/c1-20(2)19-33(38(36,37)26-16-13-24(31)14-17-26)21(3)29-32-28-11-7-6-10-27(28)30(35)34(29)25-15-12-22-8-4-5-9-23(22)18-25/h4-18,20-21H,19H2,1-3H3. The lowest BCUT2D eigenvalue weighted by Gasteiger charge is -2.31. The highest BCUT2D eigenvalue weighted by Gasteiger charge is 2.33. The van der Waals surface area contributed by atoms with Crippen molar-refractivity contribution < 1.29 is 12.8 Å². The van der Waals surface area contributed by atoms with Crippen molar-refractivity contribution in [2.24, 2.45) is 5.92 Å². The highest BCUT2D eigenvalue weighted by atomic mass is 32.2. The summed E-state index contributed by atoms with van der Waals surface area (Å²) in [5, 5.41) is 2.41. The molecule has 0 aliphatic carbocycles. The fourth-order valence-electron chi connectivity index (χ4n) is 4.69. The molecule has 0 aliphatic rings. The van der Waals surface area contributed by atoms with Gasteiger partial charge in [-0.15, -0.1) is 0 Å². The zero-order chi connectivity index (χ0) is 27.0. The van der Waals surface area contributed by atoms with Crippen molar-refractivity contribution in [3.8, 4) is 5.69 Å². The monoisotopic (exact) mass is 529 g/mol. The Labute approximate surface area is 221 Å². The molecule has 5 aromatic rings. The molecule has 0 spiro atoms. The van der Waals surface area contributed by atoms with Crippen molar-refractivity contribution >= 4 is 31.7 Å². The first-order valence-electron chi connectivity index (χ1n) is 12.4. The summed E-state index contributed by atoms with van der Waals surface area (Å²) in [5.41, 5.74) is 0.800. The molecule has 0 N–H and O–H groups in total. The van der Waals surface area contributed by atoms with Crippen LogP contribution in [-0.4, -0.2) is 28.8 Å². The summed E-state index contributed by atoms with van der Waals surface area (Å²) in [7, 11) is -4.05. The maximum atomic E-state index is 13.9. The van der Waals surface area contributed by atoms with Crippen molar-refractivity contribution in [1.82, 2.24) is 13.9 Å². The largest absolute Gasteiger partial charge is 0.268 e. The van der Waals surface area contributed by atoms with Crippen LogP contribution < -0.4 is 5.56 Å². The number of rotatable bonds is 7. The quantitative estimate of drug-likeness (QED) is 0.256. The first kappa shape index (κ1) is 25.8. The molecular weight excluding hydrogens is 501 g/mol. The summed E-state index contributed by atoms with van der Waals surface area (Å²) in [4.78, 5) is 18.7. The Balaban J connectivity index is 1.75. The molecule has 6 nitrogen and oxygen atoms in total. The third-order valence-corrected chi connectivity index (χ3v) is 8.51. The topological polar surface area (TPSA) is 72.3 Å². The van der Waals surface area contributed by atoms with Crippen LogP contribution in [0.5, 0.6) is 0 Å². The van der Waals surface area contributed by atoms with E-state index in [0.29, 0.717) is 22.4 Å². The Hall–Kier alpha value is -3.88.